The number of piperidine rings is 1. The van der Waals surface area contributed by atoms with Gasteiger partial charge in [-0.2, -0.15) is 4.98 Å². The van der Waals surface area contributed by atoms with Crippen LogP contribution in [0.5, 0.6) is 0 Å². The molecule has 0 unspecified atom stereocenters. The quantitative estimate of drug-likeness (QED) is 0.829. The fourth-order valence-corrected chi connectivity index (χ4v) is 3.75. The molecule has 24 heavy (non-hydrogen) atoms. The summed E-state index contributed by atoms with van der Waals surface area (Å²) in [6.07, 6.45) is 3.14. The summed E-state index contributed by atoms with van der Waals surface area (Å²) in [5.74, 6) is 2.28. The highest BCUT2D eigenvalue weighted by Crippen LogP contribution is 2.28. The van der Waals surface area contributed by atoms with Crippen molar-refractivity contribution in [1.82, 2.24) is 20.0 Å². The second kappa shape index (κ2) is 7.42. The summed E-state index contributed by atoms with van der Waals surface area (Å²) in [4.78, 5) is 24.3. The Labute approximate surface area is 146 Å². The number of hydrogen-bond donors (Lipinski definition) is 0. The van der Waals surface area contributed by atoms with E-state index in [2.05, 4.69) is 29.0 Å². The van der Waals surface area contributed by atoms with Crippen LogP contribution in [0.1, 0.15) is 67.2 Å². The number of likely N-dealkylation sites (tertiary alicyclic amines) is 1. The van der Waals surface area contributed by atoms with Crippen LogP contribution in [-0.2, 0) is 11.2 Å². The number of carbonyl (C=O) groups excluding carboxylic acids is 1. The van der Waals surface area contributed by atoms with E-state index in [4.69, 9.17) is 4.52 Å². The lowest BCUT2D eigenvalue weighted by Gasteiger charge is -2.30. The van der Waals surface area contributed by atoms with Gasteiger partial charge in [-0.1, -0.05) is 19.0 Å². The van der Waals surface area contributed by atoms with E-state index >= 15 is 0 Å². The van der Waals surface area contributed by atoms with Crippen LogP contribution in [-0.4, -0.2) is 39.0 Å². The van der Waals surface area contributed by atoms with Gasteiger partial charge in [-0.15, -0.1) is 11.3 Å². The van der Waals surface area contributed by atoms with Crippen molar-refractivity contribution in [2.75, 3.05) is 13.1 Å². The number of rotatable bonds is 5. The van der Waals surface area contributed by atoms with Gasteiger partial charge in [0.05, 0.1) is 11.2 Å². The largest absolute Gasteiger partial charge is 0.343 e. The minimum absolute atomic E-state index is 0.231. The Hall–Kier alpha value is -1.76. The molecule has 1 saturated heterocycles. The molecule has 0 radical (unpaired) electrons. The fraction of sp³-hybridized carbons (Fsp3) is 0.647. The number of aromatic nitrogens is 3. The summed E-state index contributed by atoms with van der Waals surface area (Å²) in [6.45, 7) is 7.65. The maximum absolute atomic E-state index is 12.4. The van der Waals surface area contributed by atoms with Crippen LogP contribution >= 0.6 is 11.3 Å². The van der Waals surface area contributed by atoms with Crippen LogP contribution in [0.4, 0.5) is 0 Å². The van der Waals surface area contributed by atoms with Crippen LogP contribution in [0.15, 0.2) is 10.0 Å². The molecule has 0 N–H and O–H groups in total. The lowest BCUT2D eigenvalue weighted by Crippen LogP contribution is -2.38. The molecule has 130 valence electrons. The molecule has 1 amide bonds. The SMILES string of the molecule is Cc1ncsc1CCC(=O)N1CCC(c2nc(C(C)C)no2)CC1. The van der Waals surface area contributed by atoms with Gasteiger partial charge in [0.25, 0.3) is 0 Å². The van der Waals surface area contributed by atoms with Crippen molar-refractivity contribution in [3.63, 3.8) is 0 Å². The van der Waals surface area contributed by atoms with Crippen LogP contribution in [0.25, 0.3) is 0 Å². The van der Waals surface area contributed by atoms with Gasteiger partial charge in [0.15, 0.2) is 5.82 Å². The topological polar surface area (TPSA) is 72.1 Å². The predicted molar refractivity (Wildman–Crippen MR) is 92.1 cm³/mol. The molecule has 6 nitrogen and oxygen atoms in total. The van der Waals surface area contributed by atoms with E-state index in [1.807, 2.05) is 17.3 Å². The zero-order valence-corrected chi connectivity index (χ0v) is 15.3. The highest BCUT2D eigenvalue weighted by molar-refractivity contribution is 7.09. The number of nitrogens with zero attached hydrogens (tertiary/aromatic N) is 4. The van der Waals surface area contributed by atoms with Crippen molar-refractivity contribution >= 4 is 17.2 Å². The Bertz CT molecular complexity index is 686. The molecule has 0 aromatic carbocycles. The van der Waals surface area contributed by atoms with E-state index in [1.165, 1.54) is 4.88 Å². The van der Waals surface area contributed by atoms with Gasteiger partial charge in [0.1, 0.15) is 0 Å². The van der Waals surface area contributed by atoms with Gasteiger partial charge in [-0.05, 0) is 26.2 Å². The lowest BCUT2D eigenvalue weighted by molar-refractivity contribution is -0.132. The smallest absolute Gasteiger partial charge is 0.229 e. The molecule has 0 aliphatic carbocycles. The maximum atomic E-state index is 12.4. The average molecular weight is 348 g/mol. The minimum Gasteiger partial charge on any atom is -0.343 e. The molecule has 2 aromatic rings. The van der Waals surface area contributed by atoms with E-state index in [9.17, 15) is 4.79 Å². The van der Waals surface area contributed by atoms with E-state index in [0.717, 1.165) is 49.8 Å². The molecule has 1 aliphatic rings. The van der Waals surface area contributed by atoms with Crippen molar-refractivity contribution in [2.45, 2.75) is 58.3 Å². The predicted octanol–water partition coefficient (Wildman–Crippen LogP) is 3.30. The monoisotopic (exact) mass is 348 g/mol. The first-order valence-corrected chi connectivity index (χ1v) is 9.42. The molecule has 2 aromatic heterocycles. The highest BCUT2D eigenvalue weighted by Gasteiger charge is 2.27. The molecule has 1 aliphatic heterocycles. The molecule has 0 bridgehead atoms. The summed E-state index contributed by atoms with van der Waals surface area (Å²) in [5, 5.41) is 4.04. The molecular formula is C17H24N4O2S. The molecule has 0 atom stereocenters. The number of amides is 1. The van der Waals surface area contributed by atoms with Gasteiger partial charge < -0.3 is 9.42 Å². The Morgan fingerprint density at radius 1 is 1.42 bits per heavy atom. The van der Waals surface area contributed by atoms with Gasteiger partial charge >= 0.3 is 0 Å². The Kier molecular flexibility index (Phi) is 5.28. The molecule has 3 rings (SSSR count). The summed E-state index contributed by atoms with van der Waals surface area (Å²) >= 11 is 1.63. The highest BCUT2D eigenvalue weighted by atomic mass is 32.1. The number of hydrogen-bond acceptors (Lipinski definition) is 6. The maximum Gasteiger partial charge on any atom is 0.229 e. The van der Waals surface area contributed by atoms with E-state index < -0.39 is 0 Å². The minimum atomic E-state index is 0.231. The molecule has 0 saturated carbocycles. The second-order valence-corrected chi connectivity index (χ2v) is 7.60. The van der Waals surface area contributed by atoms with Crippen molar-refractivity contribution < 1.29 is 9.32 Å². The summed E-state index contributed by atoms with van der Waals surface area (Å²) < 4.78 is 5.40. The van der Waals surface area contributed by atoms with Crippen molar-refractivity contribution in [1.29, 1.82) is 0 Å². The third kappa shape index (κ3) is 3.83. The summed E-state index contributed by atoms with van der Waals surface area (Å²) in [7, 11) is 0. The average Bonchev–Trinajstić information content (AvgIpc) is 3.22. The Balaban J connectivity index is 1.49. The van der Waals surface area contributed by atoms with Crippen molar-refractivity contribution in [3.8, 4) is 0 Å². The van der Waals surface area contributed by atoms with Crippen LogP contribution in [0, 0.1) is 6.92 Å². The van der Waals surface area contributed by atoms with Gasteiger partial charge in [0, 0.05) is 36.2 Å². The first-order chi connectivity index (χ1) is 11.5. The van der Waals surface area contributed by atoms with Crippen LogP contribution < -0.4 is 0 Å². The zero-order chi connectivity index (χ0) is 17.1. The standard InChI is InChI=1S/C17H24N4O2S/c1-11(2)16-19-17(23-20-16)13-6-8-21(9-7-13)15(22)5-4-14-12(3)18-10-24-14/h10-11,13H,4-9H2,1-3H3. The number of aryl methyl sites for hydroxylation is 2. The normalized spacial score (nSPS) is 16.1. The second-order valence-electron chi connectivity index (χ2n) is 6.66. The van der Waals surface area contributed by atoms with Crippen molar-refractivity contribution in [2.24, 2.45) is 0 Å². The fourth-order valence-electron chi connectivity index (χ4n) is 2.97. The third-order valence-electron chi connectivity index (χ3n) is 4.58. The lowest BCUT2D eigenvalue weighted by atomic mass is 9.96. The van der Waals surface area contributed by atoms with Crippen molar-refractivity contribution in [3.05, 3.63) is 27.8 Å². The first kappa shape index (κ1) is 17.1. The van der Waals surface area contributed by atoms with E-state index in [-0.39, 0.29) is 17.7 Å². The third-order valence-corrected chi connectivity index (χ3v) is 5.58. The van der Waals surface area contributed by atoms with Crippen LogP contribution in [0.3, 0.4) is 0 Å². The van der Waals surface area contributed by atoms with E-state index in [1.54, 1.807) is 11.3 Å². The number of carbonyl (C=O) groups is 1. The zero-order valence-electron chi connectivity index (χ0n) is 14.5. The number of thiazole rings is 1. The Morgan fingerprint density at radius 3 is 2.75 bits per heavy atom. The Morgan fingerprint density at radius 2 is 2.17 bits per heavy atom. The molecule has 0 spiro atoms. The van der Waals surface area contributed by atoms with Gasteiger partial charge in [0.2, 0.25) is 11.8 Å². The molecule has 3 heterocycles. The molecule has 1 fully saturated rings. The molecule has 7 heteroatoms. The van der Waals surface area contributed by atoms with Gasteiger partial charge in [-0.25, -0.2) is 4.98 Å². The first-order valence-electron chi connectivity index (χ1n) is 8.54. The summed E-state index contributed by atoms with van der Waals surface area (Å²) in [5.41, 5.74) is 2.89. The molecular weight excluding hydrogens is 324 g/mol. The summed E-state index contributed by atoms with van der Waals surface area (Å²) in [6, 6.07) is 0. The van der Waals surface area contributed by atoms with Crippen LogP contribution in [0.2, 0.25) is 0 Å². The van der Waals surface area contributed by atoms with E-state index in [0.29, 0.717) is 6.42 Å². The van der Waals surface area contributed by atoms with Gasteiger partial charge in [-0.3, -0.25) is 4.79 Å².